The van der Waals surface area contributed by atoms with Gasteiger partial charge in [-0.15, -0.1) is 0 Å². The van der Waals surface area contributed by atoms with Gasteiger partial charge in [-0.1, -0.05) is 50.1 Å². The van der Waals surface area contributed by atoms with Gasteiger partial charge in [0.2, 0.25) is 0 Å². The topological polar surface area (TPSA) is 15.3 Å². The largest absolute Gasteiger partial charge is 0.309 e. The van der Waals surface area contributed by atoms with E-state index in [0.717, 1.165) is 31.1 Å². The molecule has 1 aromatic carbocycles. The first-order valence-electron chi connectivity index (χ1n) is 7.80. The zero-order valence-electron chi connectivity index (χ0n) is 13.0. The Labute approximate surface area is 128 Å². The van der Waals surface area contributed by atoms with Crippen molar-refractivity contribution in [1.82, 2.24) is 10.2 Å². The minimum absolute atomic E-state index is 0.228. The fourth-order valence-electron chi connectivity index (χ4n) is 3.01. The third-order valence-electron chi connectivity index (χ3n) is 4.57. The monoisotopic (exact) mass is 294 g/mol. The molecule has 0 radical (unpaired) electrons. The molecule has 1 N–H and O–H groups in total. The summed E-state index contributed by atoms with van der Waals surface area (Å²) in [4.78, 5) is 2.62. The van der Waals surface area contributed by atoms with E-state index in [1.807, 2.05) is 12.1 Å². The SMILES string of the molecule is CCCC1CNC(C)(CC)CN1Cc1ccccc1Cl. The molecule has 1 saturated heterocycles. The van der Waals surface area contributed by atoms with Crippen LogP contribution in [0.3, 0.4) is 0 Å². The Balaban J connectivity index is 2.13. The highest BCUT2D eigenvalue weighted by molar-refractivity contribution is 6.31. The van der Waals surface area contributed by atoms with E-state index < -0.39 is 0 Å². The molecule has 20 heavy (non-hydrogen) atoms. The van der Waals surface area contributed by atoms with Gasteiger partial charge in [0.15, 0.2) is 0 Å². The number of halogens is 1. The van der Waals surface area contributed by atoms with Gasteiger partial charge in [0.25, 0.3) is 0 Å². The Kier molecular flexibility index (Phi) is 5.48. The van der Waals surface area contributed by atoms with Gasteiger partial charge in [0.05, 0.1) is 0 Å². The van der Waals surface area contributed by atoms with Crippen LogP contribution in [0.25, 0.3) is 0 Å². The predicted molar refractivity (Wildman–Crippen MR) is 87.3 cm³/mol. The van der Waals surface area contributed by atoms with E-state index in [0.29, 0.717) is 6.04 Å². The third kappa shape index (κ3) is 3.75. The van der Waals surface area contributed by atoms with Crippen LogP contribution in [0.2, 0.25) is 5.02 Å². The molecule has 0 saturated carbocycles. The number of rotatable bonds is 5. The second kappa shape index (κ2) is 6.93. The van der Waals surface area contributed by atoms with E-state index in [1.54, 1.807) is 0 Å². The molecular weight excluding hydrogens is 268 g/mol. The van der Waals surface area contributed by atoms with Crippen LogP contribution in [0.15, 0.2) is 24.3 Å². The molecule has 3 heteroatoms. The van der Waals surface area contributed by atoms with Crippen LogP contribution >= 0.6 is 11.6 Å². The standard InChI is InChI=1S/C17H27ClN2/c1-4-8-15-11-19-17(3,5-2)13-20(15)12-14-9-6-7-10-16(14)18/h6-7,9-10,15,19H,4-5,8,11-13H2,1-3H3. The minimum atomic E-state index is 0.228. The molecule has 0 spiro atoms. The van der Waals surface area contributed by atoms with Crippen molar-refractivity contribution in [3.63, 3.8) is 0 Å². The molecule has 1 aromatic rings. The van der Waals surface area contributed by atoms with E-state index in [4.69, 9.17) is 11.6 Å². The van der Waals surface area contributed by atoms with Gasteiger partial charge in [-0.3, -0.25) is 4.90 Å². The summed E-state index contributed by atoms with van der Waals surface area (Å²) in [6.07, 6.45) is 3.64. The van der Waals surface area contributed by atoms with E-state index >= 15 is 0 Å². The molecule has 1 heterocycles. The van der Waals surface area contributed by atoms with Gasteiger partial charge in [-0.05, 0) is 31.4 Å². The fraction of sp³-hybridized carbons (Fsp3) is 0.647. The van der Waals surface area contributed by atoms with Crippen molar-refractivity contribution in [1.29, 1.82) is 0 Å². The first-order chi connectivity index (χ1) is 9.58. The second-order valence-corrected chi connectivity index (χ2v) is 6.64. The predicted octanol–water partition coefficient (Wildman–Crippen LogP) is 4.08. The number of benzene rings is 1. The van der Waals surface area contributed by atoms with E-state index in [2.05, 4.69) is 43.1 Å². The zero-order chi connectivity index (χ0) is 14.6. The van der Waals surface area contributed by atoms with Crippen LogP contribution < -0.4 is 5.32 Å². The van der Waals surface area contributed by atoms with Crippen LogP contribution in [0, 0.1) is 0 Å². The maximum absolute atomic E-state index is 6.33. The highest BCUT2D eigenvalue weighted by atomic mass is 35.5. The molecule has 1 fully saturated rings. The lowest BCUT2D eigenvalue weighted by atomic mass is 9.92. The normalized spacial score (nSPS) is 27.7. The first kappa shape index (κ1) is 15.8. The smallest absolute Gasteiger partial charge is 0.0451 e. The molecule has 0 amide bonds. The Morgan fingerprint density at radius 3 is 2.75 bits per heavy atom. The van der Waals surface area contributed by atoms with E-state index in [9.17, 15) is 0 Å². The summed E-state index contributed by atoms with van der Waals surface area (Å²) in [5, 5.41) is 4.62. The van der Waals surface area contributed by atoms with Crippen molar-refractivity contribution >= 4 is 11.6 Å². The molecule has 1 aliphatic rings. The number of piperazine rings is 1. The van der Waals surface area contributed by atoms with Gasteiger partial charge in [0.1, 0.15) is 0 Å². The molecule has 0 aromatic heterocycles. The second-order valence-electron chi connectivity index (χ2n) is 6.23. The summed E-state index contributed by atoms with van der Waals surface area (Å²) >= 11 is 6.33. The highest BCUT2D eigenvalue weighted by Gasteiger charge is 2.34. The lowest BCUT2D eigenvalue weighted by Crippen LogP contribution is -2.62. The van der Waals surface area contributed by atoms with Crippen molar-refractivity contribution in [3.8, 4) is 0 Å². The van der Waals surface area contributed by atoms with Crippen molar-refractivity contribution in [3.05, 3.63) is 34.9 Å². The van der Waals surface area contributed by atoms with Gasteiger partial charge >= 0.3 is 0 Å². The Morgan fingerprint density at radius 1 is 1.35 bits per heavy atom. The van der Waals surface area contributed by atoms with Gasteiger partial charge in [-0.25, -0.2) is 0 Å². The molecule has 2 unspecified atom stereocenters. The summed E-state index contributed by atoms with van der Waals surface area (Å²) in [7, 11) is 0. The maximum atomic E-state index is 6.33. The van der Waals surface area contributed by atoms with Crippen LogP contribution in [0.4, 0.5) is 0 Å². The molecule has 0 aliphatic carbocycles. The Morgan fingerprint density at radius 2 is 2.10 bits per heavy atom. The fourth-order valence-corrected chi connectivity index (χ4v) is 3.21. The molecule has 2 nitrogen and oxygen atoms in total. The van der Waals surface area contributed by atoms with Gasteiger partial charge < -0.3 is 5.32 Å². The summed E-state index contributed by atoms with van der Waals surface area (Å²) in [6.45, 7) is 10.0. The number of nitrogens with one attached hydrogen (secondary N) is 1. The Hall–Kier alpha value is -0.570. The third-order valence-corrected chi connectivity index (χ3v) is 4.94. The maximum Gasteiger partial charge on any atom is 0.0451 e. The average Bonchev–Trinajstić information content (AvgIpc) is 2.45. The van der Waals surface area contributed by atoms with Crippen LogP contribution in [0.5, 0.6) is 0 Å². The highest BCUT2D eigenvalue weighted by Crippen LogP contribution is 2.25. The summed E-state index contributed by atoms with van der Waals surface area (Å²) in [5.41, 5.74) is 1.47. The van der Waals surface area contributed by atoms with Crippen molar-refractivity contribution < 1.29 is 0 Å². The van der Waals surface area contributed by atoms with E-state index in [1.165, 1.54) is 18.4 Å². The first-order valence-corrected chi connectivity index (χ1v) is 8.18. The Bertz CT molecular complexity index is 435. The summed E-state index contributed by atoms with van der Waals surface area (Å²) in [6, 6.07) is 8.85. The molecule has 2 rings (SSSR count). The minimum Gasteiger partial charge on any atom is -0.309 e. The van der Waals surface area contributed by atoms with Gasteiger partial charge in [0, 0.05) is 36.2 Å². The quantitative estimate of drug-likeness (QED) is 0.880. The zero-order valence-corrected chi connectivity index (χ0v) is 13.7. The lowest BCUT2D eigenvalue weighted by molar-refractivity contribution is 0.0726. The summed E-state index contributed by atoms with van der Waals surface area (Å²) < 4.78 is 0. The van der Waals surface area contributed by atoms with Crippen molar-refractivity contribution in [2.75, 3.05) is 13.1 Å². The van der Waals surface area contributed by atoms with Crippen LogP contribution in [-0.2, 0) is 6.54 Å². The number of hydrogen-bond acceptors (Lipinski definition) is 2. The molecular formula is C17H27ClN2. The van der Waals surface area contributed by atoms with Crippen LogP contribution in [-0.4, -0.2) is 29.6 Å². The van der Waals surface area contributed by atoms with Crippen molar-refractivity contribution in [2.24, 2.45) is 0 Å². The van der Waals surface area contributed by atoms with Crippen LogP contribution in [0.1, 0.15) is 45.6 Å². The van der Waals surface area contributed by atoms with E-state index in [-0.39, 0.29) is 5.54 Å². The molecule has 2 atom stereocenters. The number of nitrogens with zero attached hydrogens (tertiary/aromatic N) is 1. The average molecular weight is 295 g/mol. The summed E-state index contributed by atoms with van der Waals surface area (Å²) in [5.74, 6) is 0. The lowest BCUT2D eigenvalue weighted by Gasteiger charge is -2.46. The van der Waals surface area contributed by atoms with Crippen molar-refractivity contribution in [2.45, 2.75) is 58.2 Å². The molecule has 1 aliphatic heterocycles. The molecule has 0 bridgehead atoms. The molecule has 112 valence electrons. The van der Waals surface area contributed by atoms with Gasteiger partial charge in [-0.2, -0.15) is 0 Å². The number of hydrogen-bond donors (Lipinski definition) is 1.